The van der Waals surface area contributed by atoms with Crippen molar-refractivity contribution in [2.45, 2.75) is 33.4 Å². The molecule has 0 spiro atoms. The van der Waals surface area contributed by atoms with Gasteiger partial charge in [-0.05, 0) is 38.0 Å². The lowest BCUT2D eigenvalue weighted by atomic mass is 10.00. The fourth-order valence-electron chi connectivity index (χ4n) is 2.15. The number of benzene rings is 1. The Morgan fingerprint density at radius 3 is 2.70 bits per heavy atom. The zero-order chi connectivity index (χ0) is 14.7. The van der Waals surface area contributed by atoms with E-state index in [1.807, 2.05) is 6.07 Å². The molecule has 0 radical (unpaired) electrons. The van der Waals surface area contributed by atoms with Gasteiger partial charge in [0.05, 0.1) is 4.92 Å². The first-order chi connectivity index (χ1) is 9.47. The Balaban J connectivity index is 2.02. The largest absolute Gasteiger partial charge is 0.324 e. The summed E-state index contributed by atoms with van der Waals surface area (Å²) in [5.74, 6) is 0. The number of aryl methyl sites for hydroxylation is 2. The third-order valence-corrected chi connectivity index (χ3v) is 4.35. The van der Waals surface area contributed by atoms with Gasteiger partial charge in [0.15, 0.2) is 0 Å². The summed E-state index contributed by atoms with van der Waals surface area (Å²) in [5, 5.41) is 14.3. The van der Waals surface area contributed by atoms with Gasteiger partial charge >= 0.3 is 5.00 Å². The lowest BCUT2D eigenvalue weighted by Gasteiger charge is -2.16. The molecule has 20 heavy (non-hydrogen) atoms. The van der Waals surface area contributed by atoms with Gasteiger partial charge < -0.3 is 5.32 Å². The molecule has 0 bridgehead atoms. The van der Waals surface area contributed by atoms with E-state index in [4.69, 9.17) is 0 Å². The van der Waals surface area contributed by atoms with Crippen LogP contribution in [0.3, 0.4) is 0 Å². The number of hydrogen-bond donors (Lipinski definition) is 1. The number of rotatable bonds is 5. The Bertz CT molecular complexity index is 622. The second kappa shape index (κ2) is 6.15. The minimum atomic E-state index is -0.345. The van der Waals surface area contributed by atoms with E-state index in [9.17, 15) is 10.1 Å². The molecule has 1 aromatic carbocycles. The molecule has 5 heteroatoms. The highest BCUT2D eigenvalue weighted by molar-refractivity contribution is 7.15. The number of nitrogens with one attached hydrogen (secondary N) is 1. The quantitative estimate of drug-likeness (QED) is 0.665. The van der Waals surface area contributed by atoms with E-state index in [2.05, 4.69) is 44.3 Å². The summed E-state index contributed by atoms with van der Waals surface area (Å²) in [6.07, 6.45) is 0. The number of nitro groups is 1. The van der Waals surface area contributed by atoms with E-state index >= 15 is 0 Å². The van der Waals surface area contributed by atoms with Crippen LogP contribution in [-0.2, 0) is 6.54 Å². The maximum atomic E-state index is 10.7. The number of thiophene rings is 1. The summed E-state index contributed by atoms with van der Waals surface area (Å²) in [7, 11) is 0. The Morgan fingerprint density at radius 2 is 2.05 bits per heavy atom. The molecule has 2 rings (SSSR count). The Morgan fingerprint density at radius 1 is 1.30 bits per heavy atom. The minimum Gasteiger partial charge on any atom is -0.305 e. The van der Waals surface area contributed by atoms with Gasteiger partial charge in [-0.2, -0.15) is 0 Å². The van der Waals surface area contributed by atoms with Crippen molar-refractivity contribution in [2.24, 2.45) is 0 Å². The van der Waals surface area contributed by atoms with Crippen molar-refractivity contribution in [3.05, 3.63) is 62.0 Å². The zero-order valence-electron chi connectivity index (χ0n) is 11.8. The Kier molecular flexibility index (Phi) is 4.52. The monoisotopic (exact) mass is 290 g/mol. The van der Waals surface area contributed by atoms with E-state index < -0.39 is 0 Å². The van der Waals surface area contributed by atoms with Crippen molar-refractivity contribution >= 4 is 16.3 Å². The molecule has 2 aromatic rings. The van der Waals surface area contributed by atoms with Crippen LogP contribution in [-0.4, -0.2) is 4.92 Å². The molecule has 1 aromatic heterocycles. The predicted octanol–water partition coefficient (Wildman–Crippen LogP) is 4.12. The van der Waals surface area contributed by atoms with Crippen molar-refractivity contribution < 1.29 is 4.92 Å². The Hall–Kier alpha value is -1.72. The van der Waals surface area contributed by atoms with E-state index in [1.54, 1.807) is 6.07 Å². The van der Waals surface area contributed by atoms with Gasteiger partial charge in [-0.3, -0.25) is 10.1 Å². The second-order valence-electron chi connectivity index (χ2n) is 4.96. The molecular formula is C15H18N2O2S. The molecule has 1 heterocycles. The van der Waals surface area contributed by atoms with Crippen molar-refractivity contribution in [3.63, 3.8) is 0 Å². The molecule has 106 valence electrons. The van der Waals surface area contributed by atoms with Crippen LogP contribution in [0, 0.1) is 24.0 Å². The van der Waals surface area contributed by atoms with Gasteiger partial charge in [-0.1, -0.05) is 35.1 Å². The molecule has 0 fully saturated rings. The van der Waals surface area contributed by atoms with Crippen LogP contribution in [0.25, 0.3) is 0 Å². The van der Waals surface area contributed by atoms with Crippen LogP contribution in [0.2, 0.25) is 0 Å². The maximum Gasteiger partial charge on any atom is 0.324 e. The van der Waals surface area contributed by atoms with Crippen LogP contribution in [0.15, 0.2) is 30.3 Å². The lowest BCUT2D eigenvalue weighted by Crippen LogP contribution is -2.18. The van der Waals surface area contributed by atoms with Gasteiger partial charge in [0.25, 0.3) is 0 Å². The van der Waals surface area contributed by atoms with Crippen LogP contribution >= 0.6 is 11.3 Å². The highest BCUT2D eigenvalue weighted by Crippen LogP contribution is 2.25. The lowest BCUT2D eigenvalue weighted by molar-refractivity contribution is -0.380. The average Bonchev–Trinajstić information content (AvgIpc) is 2.88. The average molecular weight is 290 g/mol. The third-order valence-electron chi connectivity index (χ3n) is 3.31. The highest BCUT2D eigenvalue weighted by atomic mass is 32.1. The first-order valence-electron chi connectivity index (χ1n) is 6.51. The molecule has 0 saturated carbocycles. The summed E-state index contributed by atoms with van der Waals surface area (Å²) in [5.41, 5.74) is 3.77. The van der Waals surface area contributed by atoms with E-state index in [-0.39, 0.29) is 16.0 Å². The van der Waals surface area contributed by atoms with Crippen molar-refractivity contribution in [1.29, 1.82) is 0 Å². The second-order valence-corrected chi connectivity index (χ2v) is 6.11. The van der Waals surface area contributed by atoms with E-state index in [0.717, 1.165) is 4.88 Å². The SMILES string of the molecule is Cc1ccc(C)c(C(C)NCc2ccc([N+](=O)[O-])s2)c1. The zero-order valence-corrected chi connectivity index (χ0v) is 12.7. The molecule has 1 N–H and O–H groups in total. The number of nitrogens with zero attached hydrogens (tertiary/aromatic N) is 1. The molecule has 0 amide bonds. The topological polar surface area (TPSA) is 55.2 Å². The van der Waals surface area contributed by atoms with Crippen LogP contribution in [0.5, 0.6) is 0 Å². The first-order valence-corrected chi connectivity index (χ1v) is 7.32. The highest BCUT2D eigenvalue weighted by Gasteiger charge is 2.12. The van der Waals surface area contributed by atoms with Gasteiger partial charge in [0.1, 0.15) is 0 Å². The summed E-state index contributed by atoms with van der Waals surface area (Å²) >= 11 is 1.22. The molecule has 0 aliphatic heterocycles. The maximum absolute atomic E-state index is 10.7. The molecule has 1 unspecified atom stereocenters. The molecule has 0 saturated heterocycles. The summed E-state index contributed by atoms with van der Waals surface area (Å²) in [6, 6.07) is 10.0. The van der Waals surface area contributed by atoms with E-state index in [1.165, 1.54) is 28.0 Å². The van der Waals surface area contributed by atoms with Gasteiger partial charge in [0.2, 0.25) is 0 Å². The van der Waals surface area contributed by atoms with Crippen LogP contribution in [0.1, 0.15) is 34.5 Å². The summed E-state index contributed by atoms with van der Waals surface area (Å²) in [6.45, 7) is 6.94. The van der Waals surface area contributed by atoms with Crippen molar-refractivity contribution in [2.75, 3.05) is 0 Å². The minimum absolute atomic E-state index is 0.196. The summed E-state index contributed by atoms with van der Waals surface area (Å²) < 4.78 is 0. The number of hydrogen-bond acceptors (Lipinski definition) is 4. The fraction of sp³-hybridized carbons (Fsp3) is 0.333. The smallest absolute Gasteiger partial charge is 0.305 e. The fourth-order valence-corrected chi connectivity index (χ4v) is 2.92. The van der Waals surface area contributed by atoms with Crippen molar-refractivity contribution in [1.82, 2.24) is 5.32 Å². The normalized spacial score (nSPS) is 12.3. The van der Waals surface area contributed by atoms with Gasteiger partial charge in [-0.15, -0.1) is 0 Å². The van der Waals surface area contributed by atoms with Gasteiger partial charge in [-0.25, -0.2) is 0 Å². The standard InChI is InChI=1S/C15H18N2O2S/c1-10-4-5-11(2)14(8-10)12(3)16-9-13-6-7-15(20-13)17(18)19/h4-8,12,16H,9H2,1-3H3. The van der Waals surface area contributed by atoms with Crippen LogP contribution < -0.4 is 5.32 Å². The van der Waals surface area contributed by atoms with Crippen molar-refractivity contribution in [3.8, 4) is 0 Å². The molecule has 0 aliphatic carbocycles. The van der Waals surface area contributed by atoms with Gasteiger partial charge in [0, 0.05) is 23.5 Å². The third kappa shape index (κ3) is 3.43. The molecule has 0 aliphatic rings. The Labute approximate surface area is 122 Å². The molecule has 4 nitrogen and oxygen atoms in total. The van der Waals surface area contributed by atoms with Crippen LogP contribution in [0.4, 0.5) is 5.00 Å². The first kappa shape index (κ1) is 14.7. The molecular weight excluding hydrogens is 272 g/mol. The van der Waals surface area contributed by atoms with E-state index in [0.29, 0.717) is 6.54 Å². The predicted molar refractivity (Wildman–Crippen MR) is 82.1 cm³/mol. The summed E-state index contributed by atoms with van der Waals surface area (Å²) in [4.78, 5) is 11.3. The molecule has 1 atom stereocenters.